The minimum atomic E-state index is 0.838. The lowest BCUT2D eigenvalue weighted by Crippen LogP contribution is -2.19. The molecule has 2 saturated carbocycles. The van der Waals surface area contributed by atoms with Crippen molar-refractivity contribution >= 4 is 0 Å². The molecule has 2 aliphatic carbocycles. The van der Waals surface area contributed by atoms with Gasteiger partial charge in [-0.25, -0.2) is 0 Å². The standard InChI is InChI=1S/C15H26/c1-3-12-5-8-14(9-6-12)15-10-7-13(4-2)11-15/h3,12-15H,1,4-11H2,2H3. The van der Waals surface area contributed by atoms with Crippen molar-refractivity contribution < 1.29 is 0 Å². The summed E-state index contributed by atoms with van der Waals surface area (Å²) in [5.74, 6) is 4.05. The molecule has 0 heteroatoms. The first-order valence-corrected chi connectivity index (χ1v) is 6.96. The van der Waals surface area contributed by atoms with Gasteiger partial charge in [0.25, 0.3) is 0 Å². The highest BCUT2D eigenvalue weighted by atomic mass is 14.4. The maximum Gasteiger partial charge on any atom is -0.0236 e. The molecule has 0 aromatic rings. The van der Waals surface area contributed by atoms with Gasteiger partial charge in [-0.05, 0) is 62.2 Å². The van der Waals surface area contributed by atoms with Crippen LogP contribution in [-0.4, -0.2) is 0 Å². The maximum atomic E-state index is 3.93. The van der Waals surface area contributed by atoms with Crippen molar-refractivity contribution in [1.29, 1.82) is 0 Å². The highest BCUT2D eigenvalue weighted by Crippen LogP contribution is 2.43. The van der Waals surface area contributed by atoms with Gasteiger partial charge in [-0.3, -0.25) is 0 Å². The Balaban J connectivity index is 1.78. The fraction of sp³-hybridized carbons (Fsp3) is 0.867. The quantitative estimate of drug-likeness (QED) is 0.582. The van der Waals surface area contributed by atoms with Gasteiger partial charge < -0.3 is 0 Å². The molecular formula is C15H26. The van der Waals surface area contributed by atoms with E-state index in [9.17, 15) is 0 Å². The average Bonchev–Trinajstić information content (AvgIpc) is 2.78. The Kier molecular flexibility index (Phi) is 3.88. The SMILES string of the molecule is C=CC1CCC(C2CCC(CC)C2)CC1. The van der Waals surface area contributed by atoms with Crippen LogP contribution in [-0.2, 0) is 0 Å². The van der Waals surface area contributed by atoms with Crippen LogP contribution < -0.4 is 0 Å². The topological polar surface area (TPSA) is 0 Å². The molecule has 0 aliphatic heterocycles. The summed E-state index contributed by atoms with van der Waals surface area (Å²) < 4.78 is 0. The molecule has 0 bridgehead atoms. The monoisotopic (exact) mass is 206 g/mol. The van der Waals surface area contributed by atoms with Gasteiger partial charge in [-0.15, -0.1) is 6.58 Å². The molecule has 2 aliphatic rings. The molecule has 0 saturated heterocycles. The second-order valence-corrected chi connectivity index (χ2v) is 5.76. The first kappa shape index (κ1) is 11.2. The van der Waals surface area contributed by atoms with E-state index < -0.39 is 0 Å². The van der Waals surface area contributed by atoms with E-state index in [1.807, 2.05) is 0 Å². The molecule has 2 fully saturated rings. The van der Waals surface area contributed by atoms with E-state index in [4.69, 9.17) is 0 Å². The van der Waals surface area contributed by atoms with Gasteiger partial charge in [0.2, 0.25) is 0 Å². The molecule has 86 valence electrons. The van der Waals surface area contributed by atoms with E-state index in [1.165, 1.54) is 44.9 Å². The minimum absolute atomic E-state index is 0.838. The number of rotatable bonds is 3. The molecule has 0 spiro atoms. The van der Waals surface area contributed by atoms with Gasteiger partial charge in [0.15, 0.2) is 0 Å². The van der Waals surface area contributed by atoms with Crippen molar-refractivity contribution in [3.05, 3.63) is 12.7 Å². The number of hydrogen-bond donors (Lipinski definition) is 0. The Morgan fingerprint density at radius 3 is 2.20 bits per heavy atom. The molecule has 0 aromatic carbocycles. The predicted molar refractivity (Wildman–Crippen MR) is 66.8 cm³/mol. The lowest BCUT2D eigenvalue weighted by atomic mass is 9.75. The number of hydrogen-bond acceptors (Lipinski definition) is 0. The molecule has 0 radical (unpaired) electrons. The lowest BCUT2D eigenvalue weighted by Gasteiger charge is -2.31. The van der Waals surface area contributed by atoms with Crippen LogP contribution in [0, 0.1) is 23.7 Å². The molecule has 0 heterocycles. The van der Waals surface area contributed by atoms with Crippen molar-refractivity contribution in [3.8, 4) is 0 Å². The van der Waals surface area contributed by atoms with Crippen LogP contribution in [0.3, 0.4) is 0 Å². The highest BCUT2D eigenvalue weighted by molar-refractivity contribution is 4.88. The Morgan fingerprint density at radius 1 is 1.00 bits per heavy atom. The van der Waals surface area contributed by atoms with E-state index in [1.54, 1.807) is 6.42 Å². The van der Waals surface area contributed by atoms with Crippen LogP contribution in [0.15, 0.2) is 12.7 Å². The predicted octanol–water partition coefficient (Wildman–Crippen LogP) is 4.81. The largest absolute Gasteiger partial charge is 0.103 e. The van der Waals surface area contributed by atoms with Gasteiger partial charge in [-0.1, -0.05) is 25.8 Å². The first-order chi connectivity index (χ1) is 7.33. The molecule has 2 unspecified atom stereocenters. The Morgan fingerprint density at radius 2 is 1.67 bits per heavy atom. The summed E-state index contributed by atoms with van der Waals surface area (Å²) in [6.45, 7) is 6.29. The van der Waals surface area contributed by atoms with Gasteiger partial charge in [-0.2, -0.15) is 0 Å². The van der Waals surface area contributed by atoms with E-state index in [-0.39, 0.29) is 0 Å². The summed E-state index contributed by atoms with van der Waals surface area (Å²) in [6, 6.07) is 0. The van der Waals surface area contributed by atoms with Crippen molar-refractivity contribution in [1.82, 2.24) is 0 Å². The van der Waals surface area contributed by atoms with E-state index in [2.05, 4.69) is 19.6 Å². The van der Waals surface area contributed by atoms with Crippen molar-refractivity contribution in [2.24, 2.45) is 23.7 Å². The number of allylic oxidation sites excluding steroid dienone is 1. The fourth-order valence-electron chi connectivity index (χ4n) is 3.76. The average molecular weight is 206 g/mol. The van der Waals surface area contributed by atoms with Crippen LogP contribution in [0.5, 0.6) is 0 Å². The Bertz CT molecular complexity index is 198. The van der Waals surface area contributed by atoms with Gasteiger partial charge in [0, 0.05) is 0 Å². The summed E-state index contributed by atoms with van der Waals surface area (Å²) in [7, 11) is 0. The van der Waals surface area contributed by atoms with Gasteiger partial charge in [0.05, 0.1) is 0 Å². The van der Waals surface area contributed by atoms with Crippen LogP contribution in [0.2, 0.25) is 0 Å². The summed E-state index contributed by atoms with van der Waals surface area (Å²) in [4.78, 5) is 0. The molecule has 15 heavy (non-hydrogen) atoms. The maximum absolute atomic E-state index is 3.93. The van der Waals surface area contributed by atoms with Gasteiger partial charge in [0.1, 0.15) is 0 Å². The highest BCUT2D eigenvalue weighted by Gasteiger charge is 2.31. The Labute approximate surface area is 95.1 Å². The van der Waals surface area contributed by atoms with Crippen molar-refractivity contribution in [3.63, 3.8) is 0 Å². The second kappa shape index (κ2) is 5.18. The zero-order chi connectivity index (χ0) is 10.7. The lowest BCUT2D eigenvalue weighted by molar-refractivity contribution is 0.221. The molecular weight excluding hydrogens is 180 g/mol. The van der Waals surface area contributed by atoms with Crippen LogP contribution in [0.4, 0.5) is 0 Å². The third kappa shape index (κ3) is 2.65. The summed E-state index contributed by atoms with van der Waals surface area (Å²) in [5.41, 5.74) is 0. The first-order valence-electron chi connectivity index (χ1n) is 6.96. The second-order valence-electron chi connectivity index (χ2n) is 5.76. The normalized spacial score (nSPS) is 41.7. The molecule has 0 nitrogen and oxygen atoms in total. The Hall–Kier alpha value is -0.260. The molecule has 2 rings (SSSR count). The molecule has 2 atom stereocenters. The zero-order valence-electron chi connectivity index (χ0n) is 10.3. The van der Waals surface area contributed by atoms with Crippen molar-refractivity contribution in [2.75, 3.05) is 0 Å². The van der Waals surface area contributed by atoms with Crippen LogP contribution >= 0.6 is 0 Å². The minimum Gasteiger partial charge on any atom is -0.103 e. The fourth-order valence-corrected chi connectivity index (χ4v) is 3.76. The van der Waals surface area contributed by atoms with Crippen molar-refractivity contribution in [2.45, 2.75) is 58.3 Å². The zero-order valence-corrected chi connectivity index (χ0v) is 10.3. The van der Waals surface area contributed by atoms with Gasteiger partial charge >= 0.3 is 0 Å². The summed E-state index contributed by atoms with van der Waals surface area (Å²) >= 11 is 0. The van der Waals surface area contributed by atoms with E-state index in [0.717, 1.165) is 23.7 Å². The van der Waals surface area contributed by atoms with E-state index in [0.29, 0.717) is 0 Å². The van der Waals surface area contributed by atoms with Crippen LogP contribution in [0.1, 0.15) is 58.3 Å². The third-order valence-electron chi connectivity index (χ3n) is 4.98. The summed E-state index contributed by atoms with van der Waals surface area (Å²) in [5, 5.41) is 0. The van der Waals surface area contributed by atoms with E-state index >= 15 is 0 Å². The molecule has 0 N–H and O–H groups in total. The third-order valence-corrected chi connectivity index (χ3v) is 4.98. The molecule has 0 amide bonds. The molecule has 0 aromatic heterocycles. The summed E-state index contributed by atoms with van der Waals surface area (Å²) in [6.07, 6.45) is 14.0. The van der Waals surface area contributed by atoms with Crippen LogP contribution in [0.25, 0.3) is 0 Å². The smallest absolute Gasteiger partial charge is 0.0236 e.